The third kappa shape index (κ3) is 5.23. The number of anilines is 1. The van der Waals surface area contributed by atoms with Crippen molar-refractivity contribution in [3.63, 3.8) is 0 Å². The zero-order valence-corrected chi connectivity index (χ0v) is 18.8. The Balaban J connectivity index is 1.75. The molecule has 0 spiro atoms. The van der Waals surface area contributed by atoms with Crippen molar-refractivity contribution in [1.82, 2.24) is 14.3 Å². The molecule has 0 saturated heterocycles. The number of aryl methyl sites for hydroxylation is 1. The lowest BCUT2D eigenvalue weighted by atomic mass is 10.2. The third-order valence-electron chi connectivity index (χ3n) is 4.88. The number of hydrogen-bond donors (Lipinski definition) is 2. The summed E-state index contributed by atoms with van der Waals surface area (Å²) in [5, 5.41) is 2.78. The van der Waals surface area contributed by atoms with Crippen LogP contribution < -0.4 is 10.1 Å². The number of benzene rings is 2. The van der Waals surface area contributed by atoms with Crippen molar-refractivity contribution >= 4 is 32.7 Å². The standard InChI is InChI=1S/C22H28N4O4S/c1-4-26(5-2)31(28,29)20-15-16(11-12-19(20)30-6-3)23-22(27)14-13-21-24-17-9-7-8-10-18(17)25-21/h7-12,15H,4-6,13-14H2,1-3H3,(H,23,27)(H,24,25). The Kier molecular flexibility index (Phi) is 7.29. The van der Waals surface area contributed by atoms with Gasteiger partial charge in [0.1, 0.15) is 16.5 Å². The molecule has 1 amide bonds. The van der Waals surface area contributed by atoms with Crippen LogP contribution in [-0.2, 0) is 21.2 Å². The van der Waals surface area contributed by atoms with Crippen LogP contribution in [0.1, 0.15) is 33.0 Å². The van der Waals surface area contributed by atoms with E-state index in [9.17, 15) is 13.2 Å². The predicted molar refractivity (Wildman–Crippen MR) is 121 cm³/mol. The number of aromatic nitrogens is 2. The molecule has 0 unspecified atom stereocenters. The van der Waals surface area contributed by atoms with Gasteiger partial charge in [0.15, 0.2) is 0 Å². The summed E-state index contributed by atoms with van der Waals surface area (Å²) in [6.45, 7) is 6.39. The van der Waals surface area contributed by atoms with Gasteiger partial charge in [-0.1, -0.05) is 26.0 Å². The first kappa shape index (κ1) is 22.8. The van der Waals surface area contributed by atoms with Crippen molar-refractivity contribution in [2.75, 3.05) is 25.0 Å². The van der Waals surface area contributed by atoms with E-state index >= 15 is 0 Å². The van der Waals surface area contributed by atoms with Gasteiger partial charge in [0.05, 0.1) is 17.6 Å². The number of aromatic amines is 1. The summed E-state index contributed by atoms with van der Waals surface area (Å²) in [4.78, 5) is 20.2. The molecule has 166 valence electrons. The van der Waals surface area contributed by atoms with E-state index in [0.717, 1.165) is 16.9 Å². The molecule has 0 radical (unpaired) electrons. The highest BCUT2D eigenvalue weighted by Gasteiger charge is 2.26. The Bertz CT molecular complexity index is 1120. The van der Waals surface area contributed by atoms with Gasteiger partial charge >= 0.3 is 0 Å². The molecule has 8 nitrogen and oxygen atoms in total. The summed E-state index contributed by atoms with van der Waals surface area (Å²) < 4.78 is 33.0. The average Bonchev–Trinajstić information content (AvgIpc) is 3.17. The number of amides is 1. The molecule has 1 aromatic heterocycles. The molecule has 0 fully saturated rings. The van der Waals surface area contributed by atoms with E-state index in [0.29, 0.717) is 31.8 Å². The maximum Gasteiger partial charge on any atom is 0.246 e. The molecule has 0 aliphatic heterocycles. The number of nitrogens with one attached hydrogen (secondary N) is 2. The highest BCUT2D eigenvalue weighted by molar-refractivity contribution is 7.89. The van der Waals surface area contributed by atoms with E-state index in [-0.39, 0.29) is 23.0 Å². The zero-order valence-electron chi connectivity index (χ0n) is 18.0. The first-order chi connectivity index (χ1) is 14.9. The van der Waals surface area contributed by atoms with Crippen molar-refractivity contribution in [2.45, 2.75) is 38.5 Å². The van der Waals surface area contributed by atoms with Gasteiger partial charge in [-0.3, -0.25) is 4.79 Å². The summed E-state index contributed by atoms with van der Waals surface area (Å²) in [5.74, 6) is 0.776. The first-order valence-corrected chi connectivity index (χ1v) is 11.8. The minimum absolute atomic E-state index is 0.0492. The van der Waals surface area contributed by atoms with E-state index < -0.39 is 10.0 Å². The van der Waals surface area contributed by atoms with Crippen molar-refractivity contribution in [3.05, 3.63) is 48.3 Å². The Labute approximate surface area is 182 Å². The normalized spacial score (nSPS) is 11.7. The minimum Gasteiger partial charge on any atom is -0.492 e. The number of fused-ring (bicyclic) bond motifs is 1. The Morgan fingerprint density at radius 2 is 1.87 bits per heavy atom. The zero-order chi connectivity index (χ0) is 22.4. The number of para-hydroxylation sites is 2. The summed E-state index contributed by atoms with van der Waals surface area (Å²) >= 11 is 0. The van der Waals surface area contributed by atoms with Gasteiger partial charge in [-0.05, 0) is 37.3 Å². The quantitative estimate of drug-likeness (QED) is 0.497. The number of nitrogens with zero attached hydrogens (tertiary/aromatic N) is 2. The topological polar surface area (TPSA) is 104 Å². The van der Waals surface area contributed by atoms with Crippen molar-refractivity contribution < 1.29 is 17.9 Å². The molecule has 9 heteroatoms. The molecule has 0 saturated carbocycles. The first-order valence-electron chi connectivity index (χ1n) is 10.4. The van der Waals surface area contributed by atoms with E-state index in [2.05, 4.69) is 15.3 Å². The van der Waals surface area contributed by atoms with Crippen LogP contribution in [0.5, 0.6) is 5.75 Å². The van der Waals surface area contributed by atoms with Gasteiger partial charge in [-0.25, -0.2) is 13.4 Å². The second kappa shape index (κ2) is 9.93. The molecular weight excluding hydrogens is 416 g/mol. The van der Waals surface area contributed by atoms with Crippen LogP contribution in [0.4, 0.5) is 5.69 Å². The van der Waals surface area contributed by atoms with E-state index in [1.54, 1.807) is 32.9 Å². The van der Waals surface area contributed by atoms with Gasteiger partial charge in [-0.15, -0.1) is 0 Å². The number of ether oxygens (including phenoxy) is 1. The van der Waals surface area contributed by atoms with Crippen molar-refractivity contribution in [2.24, 2.45) is 0 Å². The van der Waals surface area contributed by atoms with Gasteiger partial charge in [0.25, 0.3) is 0 Å². The highest BCUT2D eigenvalue weighted by Crippen LogP contribution is 2.30. The molecule has 1 heterocycles. The fourth-order valence-corrected chi connectivity index (χ4v) is 4.96. The molecule has 0 aliphatic rings. The average molecular weight is 445 g/mol. The molecule has 0 bridgehead atoms. The maximum absolute atomic E-state index is 13.0. The second-order valence-electron chi connectivity index (χ2n) is 6.93. The van der Waals surface area contributed by atoms with Crippen LogP contribution in [-0.4, -0.2) is 48.3 Å². The summed E-state index contributed by atoms with van der Waals surface area (Å²) in [6.07, 6.45) is 0.660. The minimum atomic E-state index is -3.74. The Morgan fingerprint density at radius 3 is 2.55 bits per heavy atom. The lowest BCUT2D eigenvalue weighted by molar-refractivity contribution is -0.116. The summed E-state index contributed by atoms with van der Waals surface area (Å²) in [6, 6.07) is 12.4. The summed E-state index contributed by atoms with van der Waals surface area (Å²) in [5.41, 5.74) is 2.19. The number of rotatable bonds is 10. The number of carbonyl (C=O) groups excluding carboxylic acids is 1. The molecule has 3 rings (SSSR count). The molecule has 2 aromatic carbocycles. The van der Waals surface area contributed by atoms with Crippen LogP contribution in [0.3, 0.4) is 0 Å². The smallest absolute Gasteiger partial charge is 0.246 e. The molecule has 31 heavy (non-hydrogen) atoms. The Morgan fingerprint density at radius 1 is 1.13 bits per heavy atom. The van der Waals surface area contributed by atoms with Crippen LogP contribution in [0.2, 0.25) is 0 Å². The molecule has 2 N–H and O–H groups in total. The number of sulfonamides is 1. The fraction of sp³-hybridized carbons (Fsp3) is 0.364. The van der Waals surface area contributed by atoms with Gasteiger partial charge in [0.2, 0.25) is 15.9 Å². The number of hydrogen-bond acceptors (Lipinski definition) is 5. The highest BCUT2D eigenvalue weighted by atomic mass is 32.2. The van der Waals surface area contributed by atoms with E-state index in [1.807, 2.05) is 24.3 Å². The number of H-pyrrole nitrogens is 1. The lowest BCUT2D eigenvalue weighted by Gasteiger charge is -2.21. The van der Waals surface area contributed by atoms with Gasteiger partial charge in [0, 0.05) is 31.6 Å². The lowest BCUT2D eigenvalue weighted by Crippen LogP contribution is -2.31. The van der Waals surface area contributed by atoms with Gasteiger partial charge < -0.3 is 15.0 Å². The van der Waals surface area contributed by atoms with Crippen LogP contribution in [0.25, 0.3) is 11.0 Å². The molecule has 0 atom stereocenters. The molecule has 3 aromatic rings. The Hall–Kier alpha value is -2.91. The third-order valence-corrected chi connectivity index (χ3v) is 6.95. The van der Waals surface area contributed by atoms with Crippen LogP contribution in [0, 0.1) is 0 Å². The monoisotopic (exact) mass is 444 g/mol. The summed E-state index contributed by atoms with van der Waals surface area (Å²) in [7, 11) is -3.74. The maximum atomic E-state index is 13.0. The van der Waals surface area contributed by atoms with E-state index in [1.165, 1.54) is 10.4 Å². The van der Waals surface area contributed by atoms with Crippen LogP contribution >= 0.6 is 0 Å². The molecule has 0 aliphatic carbocycles. The van der Waals surface area contributed by atoms with Gasteiger partial charge in [-0.2, -0.15) is 4.31 Å². The predicted octanol–water partition coefficient (Wildman–Crippen LogP) is 3.56. The largest absolute Gasteiger partial charge is 0.492 e. The van der Waals surface area contributed by atoms with Crippen molar-refractivity contribution in [3.8, 4) is 5.75 Å². The van der Waals surface area contributed by atoms with E-state index in [4.69, 9.17) is 4.74 Å². The van der Waals surface area contributed by atoms with Crippen molar-refractivity contribution in [1.29, 1.82) is 0 Å². The number of carbonyl (C=O) groups is 1. The number of imidazole rings is 1. The molecular formula is C22H28N4O4S. The second-order valence-corrected chi connectivity index (χ2v) is 8.84. The SMILES string of the molecule is CCOc1ccc(NC(=O)CCc2nc3ccccc3[nH]2)cc1S(=O)(=O)N(CC)CC. The fourth-order valence-electron chi connectivity index (χ4n) is 3.34. The van der Waals surface area contributed by atoms with Crippen LogP contribution in [0.15, 0.2) is 47.4 Å².